The van der Waals surface area contributed by atoms with Gasteiger partial charge in [-0.25, -0.2) is 14.4 Å². The number of benzene rings is 2. The van der Waals surface area contributed by atoms with E-state index in [4.69, 9.17) is 5.73 Å². The molecule has 1 saturated carbocycles. The minimum Gasteiger partial charge on any atom is -0.366 e. The van der Waals surface area contributed by atoms with Crippen LogP contribution in [0.4, 0.5) is 4.39 Å². The number of carbonyl (C=O) groups is 1. The molecule has 0 unspecified atom stereocenters. The molecule has 1 fully saturated rings. The summed E-state index contributed by atoms with van der Waals surface area (Å²) < 4.78 is 15.8. The van der Waals surface area contributed by atoms with Gasteiger partial charge in [0.05, 0.1) is 17.4 Å². The van der Waals surface area contributed by atoms with E-state index in [1.807, 2.05) is 22.9 Å². The molecule has 1 aliphatic rings. The van der Waals surface area contributed by atoms with Crippen LogP contribution in [0.3, 0.4) is 0 Å². The van der Waals surface area contributed by atoms with Gasteiger partial charge >= 0.3 is 0 Å². The van der Waals surface area contributed by atoms with E-state index >= 15 is 0 Å². The second kappa shape index (κ2) is 7.20. The van der Waals surface area contributed by atoms with Crippen molar-refractivity contribution >= 4 is 22.6 Å². The van der Waals surface area contributed by atoms with Gasteiger partial charge in [-0.3, -0.25) is 14.2 Å². The Bertz CT molecular complexity index is 1550. The number of aromatic nitrogens is 4. The summed E-state index contributed by atoms with van der Waals surface area (Å²) in [7, 11) is 0. The fourth-order valence-corrected chi connectivity index (χ4v) is 4.70. The molecule has 0 atom stereocenters. The molecule has 162 valence electrons. The van der Waals surface area contributed by atoms with Crippen molar-refractivity contribution in [1.29, 1.82) is 0 Å². The Labute approximate surface area is 188 Å². The summed E-state index contributed by atoms with van der Waals surface area (Å²) in [4.78, 5) is 25.0. The first-order chi connectivity index (χ1) is 16.1. The third-order valence-electron chi connectivity index (χ3n) is 6.61. The lowest BCUT2D eigenvalue weighted by Crippen LogP contribution is -2.12. The number of hydrogen-bond acceptors (Lipinski definition) is 4. The number of primary amides is 1. The number of pyridine rings is 1. The third-order valence-corrected chi connectivity index (χ3v) is 6.61. The average molecular weight is 437 g/mol. The third kappa shape index (κ3) is 3.08. The molecule has 5 aromatic rings. The molecule has 6 nitrogen and oxygen atoms in total. The molecule has 0 saturated heterocycles. The maximum absolute atomic E-state index is 13.8. The van der Waals surface area contributed by atoms with Gasteiger partial charge in [-0.2, -0.15) is 0 Å². The van der Waals surface area contributed by atoms with E-state index in [2.05, 4.69) is 39.2 Å². The summed E-state index contributed by atoms with van der Waals surface area (Å²) in [6.07, 6.45) is 9.35. The van der Waals surface area contributed by atoms with Gasteiger partial charge in [0.25, 0.3) is 0 Å². The molecule has 0 bridgehead atoms. The Balaban J connectivity index is 1.47. The van der Waals surface area contributed by atoms with Crippen LogP contribution in [0.1, 0.15) is 40.0 Å². The second-order valence-electron chi connectivity index (χ2n) is 8.52. The molecule has 3 aromatic heterocycles. The average Bonchev–Trinajstić information content (AvgIpc) is 3.55. The topological polar surface area (TPSA) is 86.2 Å². The number of fused-ring (bicyclic) bond motifs is 2. The Hall–Kier alpha value is -4.13. The van der Waals surface area contributed by atoms with Gasteiger partial charge < -0.3 is 5.73 Å². The lowest BCUT2D eigenvalue weighted by atomic mass is 9.91. The predicted octanol–water partition coefficient (Wildman–Crippen LogP) is 4.59. The number of amides is 1. The van der Waals surface area contributed by atoms with E-state index in [1.54, 1.807) is 24.5 Å². The second-order valence-corrected chi connectivity index (χ2v) is 8.52. The van der Waals surface area contributed by atoms with Crippen LogP contribution in [0.15, 0.2) is 73.3 Å². The van der Waals surface area contributed by atoms with Crippen molar-refractivity contribution in [3.63, 3.8) is 0 Å². The number of halogens is 1. The minimum absolute atomic E-state index is 0.136. The number of nitrogens with two attached hydrogens (primary N) is 1. The normalized spacial score (nSPS) is 14.6. The molecule has 7 heteroatoms. The van der Waals surface area contributed by atoms with Crippen LogP contribution in [-0.2, 0) is 12.1 Å². The van der Waals surface area contributed by atoms with Gasteiger partial charge in [0, 0.05) is 40.5 Å². The highest BCUT2D eigenvalue weighted by Crippen LogP contribution is 2.53. The van der Waals surface area contributed by atoms with Crippen LogP contribution >= 0.6 is 0 Å². The van der Waals surface area contributed by atoms with E-state index in [-0.39, 0.29) is 11.0 Å². The number of carbonyl (C=O) groups excluding carboxylic acids is 1. The fraction of sp³-hybridized carbons (Fsp3) is 0.154. The van der Waals surface area contributed by atoms with Crippen LogP contribution in [0.2, 0.25) is 0 Å². The Morgan fingerprint density at radius 2 is 1.91 bits per heavy atom. The van der Waals surface area contributed by atoms with Gasteiger partial charge in [0.2, 0.25) is 11.7 Å². The molecule has 0 aliphatic heterocycles. The highest BCUT2D eigenvalue weighted by atomic mass is 19.1. The SMILES string of the molecule is NC(=O)c1ccc(-c2cnc3ncc(C4(c5ccc6ncccc6c5)CC4)n3c2)c(CF)c1. The number of rotatable bonds is 5. The molecule has 6 rings (SSSR count). The predicted molar refractivity (Wildman–Crippen MR) is 124 cm³/mol. The van der Waals surface area contributed by atoms with Crippen molar-refractivity contribution in [3.8, 4) is 11.1 Å². The largest absolute Gasteiger partial charge is 0.366 e. The number of alkyl halides is 1. The zero-order chi connectivity index (χ0) is 22.6. The summed E-state index contributed by atoms with van der Waals surface area (Å²) in [6, 6.07) is 15.3. The molecule has 2 N–H and O–H groups in total. The minimum atomic E-state index is -0.708. The number of nitrogens with zero attached hydrogens (tertiary/aromatic N) is 4. The highest BCUT2D eigenvalue weighted by Gasteiger charge is 2.48. The van der Waals surface area contributed by atoms with Crippen LogP contribution in [0.25, 0.3) is 27.8 Å². The summed E-state index contributed by atoms with van der Waals surface area (Å²) >= 11 is 0. The molecule has 3 heterocycles. The van der Waals surface area contributed by atoms with Crippen molar-refractivity contribution in [1.82, 2.24) is 19.4 Å². The van der Waals surface area contributed by atoms with Crippen LogP contribution in [0.5, 0.6) is 0 Å². The van der Waals surface area contributed by atoms with Gasteiger partial charge in [-0.1, -0.05) is 18.2 Å². The monoisotopic (exact) mass is 437 g/mol. The van der Waals surface area contributed by atoms with Gasteiger partial charge in [-0.05, 0) is 59.9 Å². The van der Waals surface area contributed by atoms with Crippen molar-refractivity contribution in [2.45, 2.75) is 24.9 Å². The Kier molecular flexibility index (Phi) is 4.26. The van der Waals surface area contributed by atoms with Gasteiger partial charge in [-0.15, -0.1) is 0 Å². The highest BCUT2D eigenvalue weighted by molar-refractivity contribution is 5.93. The summed E-state index contributed by atoms with van der Waals surface area (Å²) in [5.41, 5.74) is 10.6. The molecule has 0 radical (unpaired) electrons. The Morgan fingerprint density at radius 3 is 2.70 bits per heavy atom. The fourth-order valence-electron chi connectivity index (χ4n) is 4.70. The summed E-state index contributed by atoms with van der Waals surface area (Å²) in [6.45, 7) is -0.708. The summed E-state index contributed by atoms with van der Waals surface area (Å²) in [5, 5.41) is 1.11. The lowest BCUT2D eigenvalue weighted by molar-refractivity contribution is 0.1000. The van der Waals surface area contributed by atoms with Crippen molar-refractivity contribution < 1.29 is 9.18 Å². The van der Waals surface area contributed by atoms with Crippen LogP contribution < -0.4 is 5.73 Å². The van der Waals surface area contributed by atoms with Gasteiger partial charge in [0.1, 0.15) is 6.67 Å². The summed E-state index contributed by atoms with van der Waals surface area (Å²) in [5.74, 6) is 0.0148. The maximum atomic E-state index is 13.8. The van der Waals surface area contributed by atoms with Crippen molar-refractivity contribution in [2.75, 3.05) is 0 Å². The van der Waals surface area contributed by atoms with E-state index in [0.29, 0.717) is 16.9 Å². The van der Waals surface area contributed by atoms with Crippen molar-refractivity contribution in [3.05, 3.63) is 95.7 Å². The van der Waals surface area contributed by atoms with Crippen LogP contribution in [-0.4, -0.2) is 25.3 Å². The van der Waals surface area contributed by atoms with Gasteiger partial charge in [0.15, 0.2) is 0 Å². The van der Waals surface area contributed by atoms with E-state index in [1.165, 1.54) is 11.6 Å². The molecule has 1 amide bonds. The van der Waals surface area contributed by atoms with Crippen LogP contribution in [0, 0.1) is 0 Å². The first-order valence-electron chi connectivity index (χ1n) is 10.8. The number of imidazole rings is 1. The zero-order valence-electron chi connectivity index (χ0n) is 17.7. The van der Waals surface area contributed by atoms with Crippen molar-refractivity contribution in [2.24, 2.45) is 5.73 Å². The lowest BCUT2D eigenvalue weighted by Gasteiger charge is -2.17. The number of hydrogen-bond donors (Lipinski definition) is 1. The standard InChI is InChI=1S/C26H20FN5O/c27-12-18-10-17(24(28)33)3-5-21(18)19-13-30-25-31-14-23(32(25)15-19)26(7-8-26)20-4-6-22-16(11-20)2-1-9-29-22/h1-6,9-11,13-15H,7-8,12H2,(H2,28,33). The van der Waals surface area contributed by atoms with E-state index in [9.17, 15) is 9.18 Å². The first-order valence-corrected chi connectivity index (χ1v) is 10.8. The quantitative estimate of drug-likeness (QED) is 0.436. The molecule has 33 heavy (non-hydrogen) atoms. The van der Waals surface area contributed by atoms with E-state index in [0.717, 1.165) is 35.0 Å². The molecule has 2 aromatic carbocycles. The smallest absolute Gasteiger partial charge is 0.248 e. The van der Waals surface area contributed by atoms with E-state index < -0.39 is 12.6 Å². The maximum Gasteiger partial charge on any atom is 0.248 e. The molecule has 0 spiro atoms. The molecular formula is C26H20FN5O. The zero-order valence-corrected chi connectivity index (χ0v) is 17.7. The molecular weight excluding hydrogens is 417 g/mol. The molecule has 1 aliphatic carbocycles. The first kappa shape index (κ1) is 19.5. The Morgan fingerprint density at radius 1 is 1.06 bits per heavy atom.